The zero-order valence-electron chi connectivity index (χ0n) is 9.16. The van der Waals surface area contributed by atoms with Crippen molar-refractivity contribution in [2.45, 2.75) is 32.4 Å². The van der Waals surface area contributed by atoms with E-state index in [4.69, 9.17) is 5.11 Å². The summed E-state index contributed by atoms with van der Waals surface area (Å²) < 4.78 is 0. The van der Waals surface area contributed by atoms with Crippen molar-refractivity contribution in [3.8, 4) is 0 Å². The molecule has 14 heavy (non-hydrogen) atoms. The highest BCUT2D eigenvalue weighted by molar-refractivity contribution is 5.71. The molecule has 4 nitrogen and oxygen atoms in total. The van der Waals surface area contributed by atoms with Crippen LogP contribution in [0.4, 0.5) is 0 Å². The molecule has 1 aliphatic heterocycles. The minimum Gasteiger partial charge on any atom is -0.481 e. The van der Waals surface area contributed by atoms with E-state index in [0.29, 0.717) is 12.6 Å². The van der Waals surface area contributed by atoms with Gasteiger partial charge in [-0.05, 0) is 33.9 Å². The second-order valence-electron chi connectivity index (χ2n) is 4.22. The highest BCUT2D eigenvalue weighted by atomic mass is 16.4. The van der Waals surface area contributed by atoms with Crippen LogP contribution in [0.1, 0.15) is 20.3 Å². The average molecular weight is 200 g/mol. The zero-order valence-corrected chi connectivity index (χ0v) is 9.16. The fourth-order valence-corrected chi connectivity index (χ4v) is 2.04. The van der Waals surface area contributed by atoms with Crippen LogP contribution in [0.25, 0.3) is 0 Å². The fourth-order valence-electron chi connectivity index (χ4n) is 2.04. The lowest BCUT2D eigenvalue weighted by molar-refractivity contribution is -0.145. The molecule has 1 rings (SSSR count). The maximum Gasteiger partial charge on any atom is 0.309 e. The Hall–Kier alpha value is -0.610. The lowest BCUT2D eigenvalue weighted by Crippen LogP contribution is -2.52. The van der Waals surface area contributed by atoms with Gasteiger partial charge in [0.25, 0.3) is 0 Å². The molecule has 82 valence electrons. The number of hydrogen-bond acceptors (Lipinski definition) is 3. The van der Waals surface area contributed by atoms with Gasteiger partial charge in [0.15, 0.2) is 0 Å². The van der Waals surface area contributed by atoms with Gasteiger partial charge in [0.1, 0.15) is 0 Å². The van der Waals surface area contributed by atoms with Gasteiger partial charge in [-0.1, -0.05) is 0 Å². The molecule has 0 radical (unpaired) electrons. The molecule has 4 heteroatoms. The van der Waals surface area contributed by atoms with Crippen LogP contribution < -0.4 is 5.32 Å². The first-order chi connectivity index (χ1) is 6.56. The Balaban J connectivity index is 2.62. The summed E-state index contributed by atoms with van der Waals surface area (Å²) in [6.45, 7) is 5.88. The molecule has 0 bridgehead atoms. The lowest BCUT2D eigenvalue weighted by Gasteiger charge is -2.38. The van der Waals surface area contributed by atoms with E-state index in [1.54, 1.807) is 0 Å². The Morgan fingerprint density at radius 1 is 1.57 bits per heavy atom. The highest BCUT2D eigenvalue weighted by Crippen LogP contribution is 2.19. The van der Waals surface area contributed by atoms with Crippen molar-refractivity contribution < 1.29 is 9.90 Å². The molecule has 1 aliphatic rings. The summed E-state index contributed by atoms with van der Waals surface area (Å²) in [4.78, 5) is 13.3. The van der Waals surface area contributed by atoms with E-state index in [1.165, 1.54) is 0 Å². The van der Waals surface area contributed by atoms with Crippen LogP contribution in [0.3, 0.4) is 0 Å². The highest BCUT2D eigenvalue weighted by Gasteiger charge is 2.33. The largest absolute Gasteiger partial charge is 0.481 e. The molecule has 2 N–H and O–H groups in total. The van der Waals surface area contributed by atoms with Crippen LogP contribution in [-0.4, -0.2) is 48.2 Å². The summed E-state index contributed by atoms with van der Waals surface area (Å²) in [6.07, 6.45) is 0.922. The van der Waals surface area contributed by atoms with E-state index >= 15 is 0 Å². The van der Waals surface area contributed by atoms with Gasteiger partial charge in [0.05, 0.1) is 5.92 Å². The molecule has 2 atom stereocenters. The van der Waals surface area contributed by atoms with Crippen molar-refractivity contribution in [2.75, 3.05) is 20.1 Å². The number of aliphatic carboxylic acids is 1. The van der Waals surface area contributed by atoms with Crippen LogP contribution in [-0.2, 0) is 4.79 Å². The van der Waals surface area contributed by atoms with E-state index in [9.17, 15) is 4.79 Å². The van der Waals surface area contributed by atoms with Crippen LogP contribution in [0.5, 0.6) is 0 Å². The summed E-state index contributed by atoms with van der Waals surface area (Å²) in [6, 6.07) is 0.567. The van der Waals surface area contributed by atoms with Crippen molar-refractivity contribution in [2.24, 2.45) is 5.92 Å². The molecule has 1 heterocycles. The Morgan fingerprint density at radius 2 is 2.21 bits per heavy atom. The minimum absolute atomic E-state index is 0.127. The Morgan fingerprint density at radius 3 is 2.64 bits per heavy atom. The molecule has 0 aromatic carbocycles. The van der Waals surface area contributed by atoms with Crippen molar-refractivity contribution >= 4 is 5.97 Å². The summed E-state index contributed by atoms with van der Waals surface area (Å²) in [7, 11) is 1.84. The number of piperidine rings is 1. The Kier molecular flexibility index (Phi) is 3.89. The van der Waals surface area contributed by atoms with Crippen LogP contribution >= 0.6 is 0 Å². The molecule has 0 aromatic rings. The lowest BCUT2D eigenvalue weighted by atomic mass is 9.91. The van der Waals surface area contributed by atoms with Crippen molar-refractivity contribution in [1.29, 1.82) is 0 Å². The van der Waals surface area contributed by atoms with Crippen molar-refractivity contribution in [3.05, 3.63) is 0 Å². The van der Waals surface area contributed by atoms with Crippen LogP contribution in [0, 0.1) is 5.92 Å². The molecule has 0 aliphatic carbocycles. The second kappa shape index (κ2) is 4.75. The number of nitrogens with one attached hydrogen (secondary N) is 1. The van der Waals surface area contributed by atoms with Gasteiger partial charge in [-0.2, -0.15) is 0 Å². The third kappa shape index (κ3) is 2.45. The summed E-state index contributed by atoms with van der Waals surface area (Å²) in [5, 5.41) is 12.2. The van der Waals surface area contributed by atoms with Gasteiger partial charge in [0.2, 0.25) is 0 Å². The topological polar surface area (TPSA) is 52.6 Å². The fraction of sp³-hybridized carbons (Fsp3) is 0.900. The smallest absolute Gasteiger partial charge is 0.309 e. The van der Waals surface area contributed by atoms with Gasteiger partial charge in [-0.3, -0.25) is 9.69 Å². The van der Waals surface area contributed by atoms with Gasteiger partial charge < -0.3 is 10.4 Å². The molecule has 1 saturated heterocycles. The normalized spacial score (nSPS) is 29.4. The van der Waals surface area contributed by atoms with Gasteiger partial charge >= 0.3 is 5.97 Å². The SMILES string of the molecule is CNC1CCN(C(C)C)CC1C(=O)O. The summed E-state index contributed by atoms with van der Waals surface area (Å²) in [5.41, 5.74) is 0. The Labute approximate surface area is 85.3 Å². The maximum absolute atomic E-state index is 11.0. The van der Waals surface area contributed by atoms with Gasteiger partial charge in [-0.25, -0.2) is 0 Å². The molecule has 0 spiro atoms. The Bertz CT molecular complexity index is 206. The number of carboxylic acids is 1. The molecule has 2 unspecified atom stereocenters. The van der Waals surface area contributed by atoms with Crippen LogP contribution in [0.15, 0.2) is 0 Å². The maximum atomic E-state index is 11.0. The number of likely N-dealkylation sites (tertiary alicyclic amines) is 1. The number of carboxylic acid groups (broad SMARTS) is 1. The minimum atomic E-state index is -0.685. The van der Waals surface area contributed by atoms with E-state index in [1.807, 2.05) is 7.05 Å². The zero-order chi connectivity index (χ0) is 10.7. The standard InChI is InChI=1S/C10H20N2O2/c1-7(2)12-5-4-9(11-3)8(6-12)10(13)14/h7-9,11H,4-6H2,1-3H3,(H,13,14). The van der Waals surface area contributed by atoms with Crippen molar-refractivity contribution in [3.63, 3.8) is 0 Å². The van der Waals surface area contributed by atoms with Gasteiger partial charge in [-0.15, -0.1) is 0 Å². The first-order valence-corrected chi connectivity index (χ1v) is 5.20. The number of nitrogens with zero attached hydrogens (tertiary/aromatic N) is 1. The molecular formula is C10H20N2O2. The van der Waals surface area contributed by atoms with E-state index in [0.717, 1.165) is 13.0 Å². The van der Waals surface area contributed by atoms with E-state index < -0.39 is 5.97 Å². The molecule has 0 aromatic heterocycles. The molecule has 0 amide bonds. The molecule has 1 fully saturated rings. The molecular weight excluding hydrogens is 180 g/mol. The second-order valence-corrected chi connectivity index (χ2v) is 4.22. The van der Waals surface area contributed by atoms with E-state index in [2.05, 4.69) is 24.1 Å². The third-order valence-corrected chi connectivity index (χ3v) is 3.06. The quantitative estimate of drug-likeness (QED) is 0.692. The predicted octanol–water partition coefficient (Wildman–Crippen LogP) is 0.389. The molecule has 0 saturated carbocycles. The third-order valence-electron chi connectivity index (χ3n) is 3.06. The number of carbonyl (C=O) groups is 1. The van der Waals surface area contributed by atoms with Crippen LogP contribution in [0.2, 0.25) is 0 Å². The number of hydrogen-bond donors (Lipinski definition) is 2. The average Bonchev–Trinajstić information content (AvgIpc) is 2.16. The van der Waals surface area contributed by atoms with Crippen molar-refractivity contribution in [1.82, 2.24) is 10.2 Å². The van der Waals surface area contributed by atoms with E-state index in [-0.39, 0.29) is 12.0 Å². The predicted molar refractivity (Wildman–Crippen MR) is 55.3 cm³/mol. The summed E-state index contributed by atoms with van der Waals surface area (Å²) >= 11 is 0. The monoisotopic (exact) mass is 200 g/mol. The number of rotatable bonds is 3. The first-order valence-electron chi connectivity index (χ1n) is 5.20. The summed E-state index contributed by atoms with van der Waals surface area (Å²) in [5.74, 6) is -0.953. The van der Waals surface area contributed by atoms with Gasteiger partial charge in [0, 0.05) is 18.6 Å². The first kappa shape index (κ1) is 11.5.